The zero-order valence-electron chi connectivity index (χ0n) is 11.5. The maximum Gasteiger partial charge on any atom is 0.322 e. The third-order valence-corrected chi connectivity index (χ3v) is 5.25. The van der Waals surface area contributed by atoms with E-state index in [0.29, 0.717) is 0 Å². The van der Waals surface area contributed by atoms with E-state index in [9.17, 15) is 9.90 Å². The third kappa shape index (κ3) is 2.30. The molecule has 2 N–H and O–H groups in total. The second-order valence-corrected chi connectivity index (χ2v) is 7.41. The van der Waals surface area contributed by atoms with Crippen LogP contribution in [0.4, 0.5) is 0 Å². The zero-order chi connectivity index (χ0) is 14.3. The minimum Gasteiger partial charge on any atom is -0.480 e. The van der Waals surface area contributed by atoms with Crippen molar-refractivity contribution in [2.75, 3.05) is 0 Å². The van der Waals surface area contributed by atoms with E-state index >= 15 is 0 Å². The van der Waals surface area contributed by atoms with E-state index in [2.05, 4.69) is 35.6 Å². The fourth-order valence-corrected chi connectivity index (χ4v) is 4.06. The van der Waals surface area contributed by atoms with Crippen molar-refractivity contribution >= 4 is 28.5 Å². The molecule has 1 saturated heterocycles. The van der Waals surface area contributed by atoms with Gasteiger partial charge in [-0.05, 0) is 36.2 Å². The Balaban J connectivity index is 1.94. The largest absolute Gasteiger partial charge is 0.480 e. The van der Waals surface area contributed by atoms with Crippen LogP contribution in [0.1, 0.15) is 24.8 Å². The maximum atomic E-state index is 11.3. The third-order valence-electron chi connectivity index (χ3n) is 3.76. The highest BCUT2D eigenvalue weighted by atomic mass is 32.2. The topological polar surface area (TPSA) is 49.3 Å². The lowest BCUT2D eigenvalue weighted by Gasteiger charge is -2.20. The number of carboxylic acid groups (broad SMARTS) is 1. The molecular formula is C16H17NO2S. The molecule has 0 radical (unpaired) electrons. The van der Waals surface area contributed by atoms with Gasteiger partial charge in [-0.25, -0.2) is 0 Å². The summed E-state index contributed by atoms with van der Waals surface area (Å²) >= 11 is 1.67. The van der Waals surface area contributed by atoms with Crippen molar-refractivity contribution in [1.29, 1.82) is 0 Å². The van der Waals surface area contributed by atoms with E-state index in [4.69, 9.17) is 0 Å². The Morgan fingerprint density at radius 3 is 2.55 bits per heavy atom. The molecule has 0 aromatic heterocycles. The highest BCUT2D eigenvalue weighted by molar-refractivity contribution is 8.01. The van der Waals surface area contributed by atoms with Crippen LogP contribution in [0.25, 0.3) is 10.8 Å². The Bertz CT molecular complexity index is 668. The lowest BCUT2D eigenvalue weighted by molar-refractivity contribution is -0.139. The lowest BCUT2D eigenvalue weighted by Crippen LogP contribution is -2.43. The summed E-state index contributed by atoms with van der Waals surface area (Å²) in [5, 5.41) is 14.9. The second-order valence-electron chi connectivity index (χ2n) is 5.65. The molecule has 2 aromatic rings. The molecule has 1 aliphatic rings. The van der Waals surface area contributed by atoms with Gasteiger partial charge in [0.25, 0.3) is 0 Å². The number of thioether (sulfide) groups is 1. The molecule has 1 aliphatic heterocycles. The molecule has 0 bridgehead atoms. The van der Waals surface area contributed by atoms with E-state index in [1.807, 2.05) is 26.0 Å². The molecule has 2 aromatic carbocycles. The van der Waals surface area contributed by atoms with Gasteiger partial charge in [0.05, 0.1) is 5.37 Å². The summed E-state index contributed by atoms with van der Waals surface area (Å²) in [6, 6.07) is 14.0. The predicted molar refractivity (Wildman–Crippen MR) is 82.9 cm³/mol. The Morgan fingerprint density at radius 1 is 1.20 bits per heavy atom. The maximum absolute atomic E-state index is 11.3. The second kappa shape index (κ2) is 4.79. The molecule has 1 fully saturated rings. The normalized spacial score (nSPS) is 24.9. The highest BCUT2D eigenvalue weighted by Gasteiger charge is 2.45. The van der Waals surface area contributed by atoms with Crippen molar-refractivity contribution < 1.29 is 9.90 Å². The van der Waals surface area contributed by atoms with Gasteiger partial charge in [0.1, 0.15) is 6.04 Å². The van der Waals surface area contributed by atoms with Gasteiger partial charge in [-0.1, -0.05) is 36.4 Å². The number of carboxylic acids is 1. The van der Waals surface area contributed by atoms with Gasteiger partial charge < -0.3 is 5.11 Å². The van der Waals surface area contributed by atoms with Gasteiger partial charge >= 0.3 is 5.97 Å². The standard InChI is InChI=1S/C16H17NO2S/c1-16(2)13(15(18)19)17-14(20-16)12-8-7-10-5-3-4-6-11(10)9-12/h3-9,13-14,17H,1-2H3,(H,18,19)/t13-,14?/m0/s1. The Kier molecular flexibility index (Phi) is 3.22. The number of fused-ring (bicyclic) bond motifs is 1. The average molecular weight is 287 g/mol. The fraction of sp³-hybridized carbons (Fsp3) is 0.312. The minimum absolute atomic E-state index is 0.0238. The molecule has 0 amide bonds. The quantitative estimate of drug-likeness (QED) is 0.888. The Morgan fingerprint density at radius 2 is 1.90 bits per heavy atom. The van der Waals surface area contributed by atoms with E-state index in [0.717, 1.165) is 5.56 Å². The van der Waals surface area contributed by atoms with Gasteiger partial charge in [0.2, 0.25) is 0 Å². The number of rotatable bonds is 2. The Hall–Kier alpha value is -1.52. The number of hydrogen-bond donors (Lipinski definition) is 2. The first kappa shape index (κ1) is 13.5. The van der Waals surface area contributed by atoms with Gasteiger partial charge in [-0.15, -0.1) is 11.8 Å². The van der Waals surface area contributed by atoms with E-state index < -0.39 is 12.0 Å². The van der Waals surface area contributed by atoms with Crippen LogP contribution in [0, 0.1) is 0 Å². The van der Waals surface area contributed by atoms with Crippen LogP contribution in [-0.2, 0) is 4.79 Å². The van der Waals surface area contributed by atoms with E-state index in [1.54, 1.807) is 11.8 Å². The first-order chi connectivity index (χ1) is 9.47. The summed E-state index contributed by atoms with van der Waals surface area (Å²) < 4.78 is -0.317. The summed E-state index contributed by atoms with van der Waals surface area (Å²) in [5.74, 6) is -0.786. The van der Waals surface area contributed by atoms with E-state index in [-0.39, 0.29) is 10.1 Å². The first-order valence-corrected chi connectivity index (χ1v) is 7.51. The molecule has 0 spiro atoms. The summed E-state index contributed by atoms with van der Waals surface area (Å²) in [6.07, 6.45) is 0. The molecule has 1 heterocycles. The number of hydrogen-bond acceptors (Lipinski definition) is 3. The summed E-state index contributed by atoms with van der Waals surface area (Å²) in [7, 11) is 0. The minimum atomic E-state index is -0.786. The van der Waals surface area contributed by atoms with Crippen LogP contribution in [0.5, 0.6) is 0 Å². The van der Waals surface area contributed by atoms with Crippen molar-refractivity contribution in [1.82, 2.24) is 5.32 Å². The Labute approximate surface area is 122 Å². The van der Waals surface area contributed by atoms with Crippen molar-refractivity contribution in [3.05, 3.63) is 48.0 Å². The average Bonchev–Trinajstić information content (AvgIpc) is 2.74. The van der Waals surface area contributed by atoms with Crippen molar-refractivity contribution in [2.24, 2.45) is 0 Å². The van der Waals surface area contributed by atoms with Gasteiger partial charge in [-0.2, -0.15) is 0 Å². The van der Waals surface area contributed by atoms with Crippen LogP contribution in [0.15, 0.2) is 42.5 Å². The molecular weight excluding hydrogens is 270 g/mol. The predicted octanol–water partition coefficient (Wildman–Crippen LogP) is 3.41. The van der Waals surface area contributed by atoms with Crippen LogP contribution in [0.3, 0.4) is 0 Å². The van der Waals surface area contributed by atoms with Gasteiger partial charge in [-0.3, -0.25) is 10.1 Å². The summed E-state index contributed by atoms with van der Waals surface area (Å²) in [6.45, 7) is 3.95. The molecule has 0 saturated carbocycles. The number of benzene rings is 2. The van der Waals surface area contributed by atoms with Gasteiger partial charge in [0.15, 0.2) is 0 Å². The van der Waals surface area contributed by atoms with Crippen molar-refractivity contribution in [3.63, 3.8) is 0 Å². The van der Waals surface area contributed by atoms with Crippen LogP contribution < -0.4 is 5.32 Å². The van der Waals surface area contributed by atoms with Crippen molar-refractivity contribution in [3.8, 4) is 0 Å². The highest BCUT2D eigenvalue weighted by Crippen LogP contribution is 2.46. The molecule has 4 heteroatoms. The fourth-order valence-electron chi connectivity index (χ4n) is 2.66. The molecule has 3 nitrogen and oxygen atoms in total. The number of carbonyl (C=O) groups is 1. The molecule has 0 aliphatic carbocycles. The molecule has 3 rings (SSSR count). The van der Waals surface area contributed by atoms with Crippen LogP contribution >= 0.6 is 11.8 Å². The van der Waals surface area contributed by atoms with Gasteiger partial charge in [0, 0.05) is 4.75 Å². The molecule has 20 heavy (non-hydrogen) atoms. The lowest BCUT2D eigenvalue weighted by atomic mass is 10.0. The number of nitrogens with one attached hydrogen (secondary N) is 1. The summed E-state index contributed by atoms with van der Waals surface area (Å²) in [5.41, 5.74) is 1.13. The summed E-state index contributed by atoms with van der Waals surface area (Å²) in [4.78, 5) is 11.3. The SMILES string of the molecule is CC1(C)SC(c2ccc3ccccc3c2)N[C@H]1C(=O)O. The smallest absolute Gasteiger partial charge is 0.322 e. The zero-order valence-corrected chi connectivity index (χ0v) is 12.3. The van der Waals surface area contributed by atoms with Crippen molar-refractivity contribution in [2.45, 2.75) is 30.0 Å². The molecule has 104 valence electrons. The van der Waals surface area contributed by atoms with Crippen LogP contribution in [-0.4, -0.2) is 21.9 Å². The van der Waals surface area contributed by atoms with Crippen LogP contribution in [0.2, 0.25) is 0 Å². The monoisotopic (exact) mass is 287 g/mol. The number of aliphatic carboxylic acids is 1. The first-order valence-electron chi connectivity index (χ1n) is 6.63. The molecule has 2 atom stereocenters. The molecule has 1 unspecified atom stereocenters. The van der Waals surface area contributed by atoms with E-state index in [1.165, 1.54) is 10.8 Å².